The molecule has 23 heavy (non-hydrogen) atoms. The number of ether oxygens (including phenoxy) is 3. The number of halogens is 1. The van der Waals surface area contributed by atoms with Crippen molar-refractivity contribution >= 4 is 29.9 Å². The van der Waals surface area contributed by atoms with E-state index in [9.17, 15) is 0 Å². The van der Waals surface area contributed by atoms with Crippen LogP contribution >= 0.6 is 24.0 Å². The quantitative estimate of drug-likeness (QED) is 0.283. The smallest absolute Gasteiger partial charge is 0.194 e. The van der Waals surface area contributed by atoms with Crippen LogP contribution in [0.2, 0.25) is 0 Å². The Hall–Kier alpha value is -0.120. The summed E-state index contributed by atoms with van der Waals surface area (Å²) in [6, 6.07) is 0. The van der Waals surface area contributed by atoms with Crippen molar-refractivity contribution < 1.29 is 14.2 Å². The first-order chi connectivity index (χ1) is 10.8. The molecule has 0 aromatic heterocycles. The van der Waals surface area contributed by atoms with Crippen molar-refractivity contribution in [1.82, 2.24) is 10.2 Å². The van der Waals surface area contributed by atoms with E-state index in [4.69, 9.17) is 19.2 Å². The lowest BCUT2D eigenvalue weighted by Gasteiger charge is -2.37. The minimum Gasteiger partial charge on any atom is -0.382 e. The van der Waals surface area contributed by atoms with E-state index in [-0.39, 0.29) is 36.2 Å². The van der Waals surface area contributed by atoms with Crippen LogP contribution < -0.4 is 5.32 Å². The van der Waals surface area contributed by atoms with Gasteiger partial charge in [-0.15, -0.1) is 24.0 Å². The van der Waals surface area contributed by atoms with Crippen LogP contribution in [0, 0.1) is 0 Å². The molecular formula is C16H32IN3O3. The van der Waals surface area contributed by atoms with Crippen LogP contribution in [-0.2, 0) is 14.2 Å². The Kier molecular flexibility index (Phi) is 11.2. The van der Waals surface area contributed by atoms with Crippen LogP contribution in [0.25, 0.3) is 0 Å². The minimum atomic E-state index is 0. The van der Waals surface area contributed by atoms with E-state index in [1.54, 1.807) is 0 Å². The second-order valence-electron chi connectivity index (χ2n) is 5.69. The number of hydrogen-bond acceptors (Lipinski definition) is 4. The molecule has 2 fully saturated rings. The number of guanidine groups is 1. The number of morpholine rings is 1. The summed E-state index contributed by atoms with van der Waals surface area (Å²) in [5, 5.41) is 3.39. The second-order valence-corrected chi connectivity index (χ2v) is 5.69. The van der Waals surface area contributed by atoms with Gasteiger partial charge < -0.3 is 24.4 Å². The lowest BCUT2D eigenvalue weighted by molar-refractivity contribution is -0.0817. The summed E-state index contributed by atoms with van der Waals surface area (Å²) in [5.41, 5.74) is 0. The predicted octanol–water partition coefficient (Wildman–Crippen LogP) is 1.88. The molecule has 0 spiro atoms. The zero-order valence-corrected chi connectivity index (χ0v) is 16.8. The molecule has 0 amide bonds. The number of nitrogens with zero attached hydrogens (tertiary/aromatic N) is 2. The summed E-state index contributed by atoms with van der Waals surface area (Å²) >= 11 is 0. The third-order valence-corrected chi connectivity index (χ3v) is 4.02. The van der Waals surface area contributed by atoms with Crippen molar-refractivity contribution in [2.75, 3.05) is 52.6 Å². The molecule has 0 aromatic rings. The maximum Gasteiger partial charge on any atom is 0.194 e. The Morgan fingerprint density at radius 1 is 1.26 bits per heavy atom. The maximum atomic E-state index is 5.91. The number of rotatable bonds is 7. The van der Waals surface area contributed by atoms with Crippen molar-refractivity contribution in [1.29, 1.82) is 0 Å². The van der Waals surface area contributed by atoms with Gasteiger partial charge in [-0.05, 0) is 33.1 Å². The Morgan fingerprint density at radius 2 is 2.09 bits per heavy atom. The number of hydrogen-bond donors (Lipinski definition) is 1. The first-order valence-electron chi connectivity index (χ1n) is 8.69. The molecule has 2 aliphatic rings. The molecule has 2 saturated heterocycles. The van der Waals surface area contributed by atoms with Crippen molar-refractivity contribution in [2.24, 2.45) is 4.99 Å². The highest BCUT2D eigenvalue weighted by Gasteiger charge is 2.32. The highest BCUT2D eigenvalue weighted by Crippen LogP contribution is 2.21. The zero-order chi connectivity index (χ0) is 15.6. The molecule has 2 atom stereocenters. The van der Waals surface area contributed by atoms with Gasteiger partial charge in [0.25, 0.3) is 0 Å². The first-order valence-corrected chi connectivity index (χ1v) is 8.69. The molecule has 0 bridgehead atoms. The van der Waals surface area contributed by atoms with E-state index in [0.717, 1.165) is 77.8 Å². The lowest BCUT2D eigenvalue weighted by Crippen LogP contribution is -2.53. The highest BCUT2D eigenvalue weighted by atomic mass is 127. The third-order valence-electron chi connectivity index (χ3n) is 4.02. The van der Waals surface area contributed by atoms with Crippen molar-refractivity contribution in [2.45, 2.75) is 45.3 Å². The molecule has 6 nitrogen and oxygen atoms in total. The van der Waals surface area contributed by atoms with Gasteiger partial charge in [0, 0.05) is 46.0 Å². The molecule has 2 rings (SSSR count). The topological polar surface area (TPSA) is 55.3 Å². The van der Waals surface area contributed by atoms with Crippen LogP contribution in [-0.4, -0.2) is 75.7 Å². The van der Waals surface area contributed by atoms with Crippen LogP contribution in [0.1, 0.15) is 33.1 Å². The van der Waals surface area contributed by atoms with Crippen LogP contribution in [0.3, 0.4) is 0 Å². The fourth-order valence-corrected chi connectivity index (χ4v) is 2.91. The van der Waals surface area contributed by atoms with Gasteiger partial charge in [-0.1, -0.05) is 0 Å². The van der Waals surface area contributed by atoms with E-state index in [0.29, 0.717) is 0 Å². The maximum absolute atomic E-state index is 5.91. The average molecular weight is 441 g/mol. The molecule has 0 aromatic carbocycles. The predicted molar refractivity (Wildman–Crippen MR) is 103 cm³/mol. The summed E-state index contributed by atoms with van der Waals surface area (Å²) in [6.45, 7) is 10.7. The molecule has 1 N–H and O–H groups in total. The normalized spacial score (nSPS) is 25.3. The summed E-state index contributed by atoms with van der Waals surface area (Å²) in [7, 11) is 0. The zero-order valence-electron chi connectivity index (χ0n) is 14.5. The minimum absolute atomic E-state index is 0. The monoisotopic (exact) mass is 441 g/mol. The fourth-order valence-electron chi connectivity index (χ4n) is 2.91. The summed E-state index contributed by atoms with van der Waals surface area (Å²) in [6.07, 6.45) is 3.64. The second kappa shape index (κ2) is 12.3. The van der Waals surface area contributed by atoms with Gasteiger partial charge in [0.05, 0.1) is 12.7 Å². The molecule has 2 heterocycles. The van der Waals surface area contributed by atoms with Crippen molar-refractivity contribution in [3.05, 3.63) is 0 Å². The van der Waals surface area contributed by atoms with Gasteiger partial charge in [0.15, 0.2) is 5.96 Å². The summed E-state index contributed by atoms with van der Waals surface area (Å²) in [4.78, 5) is 7.03. The molecular weight excluding hydrogens is 409 g/mol. The summed E-state index contributed by atoms with van der Waals surface area (Å²) < 4.78 is 17.1. The SMILES string of the molecule is CCNC(=NCCCOCC)N1CCOC(C2CCCO2)C1.I. The molecule has 2 aliphatic heterocycles. The third kappa shape index (κ3) is 7.11. The first kappa shape index (κ1) is 20.9. The van der Waals surface area contributed by atoms with Gasteiger partial charge in [-0.25, -0.2) is 0 Å². The van der Waals surface area contributed by atoms with E-state index < -0.39 is 0 Å². The van der Waals surface area contributed by atoms with E-state index in [2.05, 4.69) is 17.1 Å². The largest absolute Gasteiger partial charge is 0.382 e. The molecule has 0 aliphatic carbocycles. The Morgan fingerprint density at radius 3 is 2.78 bits per heavy atom. The Balaban J connectivity index is 0.00000264. The highest BCUT2D eigenvalue weighted by molar-refractivity contribution is 14.0. The van der Waals surface area contributed by atoms with E-state index in [1.165, 1.54) is 0 Å². The molecule has 0 saturated carbocycles. The van der Waals surface area contributed by atoms with Crippen LogP contribution in [0.5, 0.6) is 0 Å². The molecule has 136 valence electrons. The van der Waals surface area contributed by atoms with Gasteiger partial charge in [-0.2, -0.15) is 0 Å². The van der Waals surface area contributed by atoms with Crippen molar-refractivity contribution in [3.63, 3.8) is 0 Å². The molecule has 0 radical (unpaired) electrons. The Bertz CT molecular complexity index is 339. The van der Waals surface area contributed by atoms with Crippen LogP contribution in [0.15, 0.2) is 4.99 Å². The number of nitrogens with one attached hydrogen (secondary N) is 1. The summed E-state index contributed by atoms with van der Waals surface area (Å²) in [5.74, 6) is 0.991. The van der Waals surface area contributed by atoms with E-state index in [1.807, 2.05) is 6.92 Å². The van der Waals surface area contributed by atoms with Gasteiger partial charge in [0.2, 0.25) is 0 Å². The van der Waals surface area contributed by atoms with Gasteiger partial charge in [-0.3, -0.25) is 4.99 Å². The molecule has 7 heteroatoms. The number of aliphatic imine (C=N–C) groups is 1. The van der Waals surface area contributed by atoms with E-state index >= 15 is 0 Å². The Labute approximate surface area is 157 Å². The van der Waals surface area contributed by atoms with Gasteiger partial charge in [0.1, 0.15) is 6.10 Å². The average Bonchev–Trinajstić information content (AvgIpc) is 3.08. The van der Waals surface area contributed by atoms with Gasteiger partial charge >= 0.3 is 0 Å². The van der Waals surface area contributed by atoms with Crippen LogP contribution in [0.4, 0.5) is 0 Å². The standard InChI is InChI=1S/C16H31N3O3.HI/c1-3-17-16(18-8-6-10-20-4-2)19-9-12-22-15(13-19)14-7-5-11-21-14;/h14-15H,3-13H2,1-2H3,(H,17,18);1H. The lowest BCUT2D eigenvalue weighted by atomic mass is 10.1. The fraction of sp³-hybridized carbons (Fsp3) is 0.938. The molecule has 2 unspecified atom stereocenters. The van der Waals surface area contributed by atoms with Crippen molar-refractivity contribution in [3.8, 4) is 0 Å².